The fraction of sp³-hybridized carbons (Fsp3) is 0.571. The van der Waals surface area contributed by atoms with E-state index in [2.05, 4.69) is 46.9 Å². The number of hydrogen-bond acceptors (Lipinski definition) is 2. The number of nitrogen functional groups attached to an aromatic ring is 1. The molecule has 0 spiro atoms. The molecule has 3 heteroatoms. The summed E-state index contributed by atoms with van der Waals surface area (Å²) in [5, 5.41) is 0.209. The molecule has 0 aliphatic heterocycles. The third kappa shape index (κ3) is 3.03. The van der Waals surface area contributed by atoms with Gasteiger partial charge in [0.2, 0.25) is 8.32 Å². The van der Waals surface area contributed by atoms with Crippen LogP contribution < -0.4 is 10.2 Å². The zero-order chi connectivity index (χ0) is 13.4. The highest BCUT2D eigenvalue weighted by atomic mass is 28.4. The van der Waals surface area contributed by atoms with Gasteiger partial charge >= 0.3 is 0 Å². The zero-order valence-corrected chi connectivity index (χ0v) is 13.1. The van der Waals surface area contributed by atoms with Crippen molar-refractivity contribution in [3.63, 3.8) is 0 Å². The van der Waals surface area contributed by atoms with Crippen molar-refractivity contribution in [3.05, 3.63) is 23.3 Å². The molecule has 0 saturated heterocycles. The Hall–Kier alpha value is -0.963. The molecule has 0 unspecified atom stereocenters. The molecule has 0 aromatic heterocycles. The van der Waals surface area contributed by atoms with Crippen molar-refractivity contribution in [2.75, 3.05) is 5.73 Å². The lowest BCUT2D eigenvalue weighted by Gasteiger charge is -2.36. The van der Waals surface area contributed by atoms with Crippen molar-refractivity contribution in [3.8, 4) is 5.75 Å². The summed E-state index contributed by atoms with van der Waals surface area (Å²) in [6, 6.07) is 4.04. The van der Waals surface area contributed by atoms with E-state index in [9.17, 15) is 0 Å². The number of rotatable bonds is 2. The monoisotopic (exact) mass is 251 g/mol. The van der Waals surface area contributed by atoms with E-state index in [0.717, 1.165) is 17.0 Å². The van der Waals surface area contributed by atoms with Crippen LogP contribution in [0.15, 0.2) is 12.1 Å². The summed E-state index contributed by atoms with van der Waals surface area (Å²) in [4.78, 5) is 0. The second-order valence-corrected chi connectivity index (χ2v) is 11.0. The maximum Gasteiger partial charge on any atom is 0.250 e. The summed E-state index contributed by atoms with van der Waals surface area (Å²) in [6.07, 6.45) is 0. The van der Waals surface area contributed by atoms with Gasteiger partial charge in [-0.15, -0.1) is 0 Å². The Morgan fingerprint density at radius 1 is 1.12 bits per heavy atom. The number of nitrogens with two attached hydrogens (primary N) is 1. The standard InChI is InChI=1S/C14H25NOSi/c1-10-8-12(9-13(15)11(10)2)16-17(6,7)14(3,4)5/h8-9H,15H2,1-7H3. The fourth-order valence-corrected chi connectivity index (χ4v) is 2.37. The highest BCUT2D eigenvalue weighted by Crippen LogP contribution is 2.38. The van der Waals surface area contributed by atoms with Crippen molar-refractivity contribution in [1.82, 2.24) is 0 Å². The van der Waals surface area contributed by atoms with Gasteiger partial charge in [-0.05, 0) is 49.2 Å². The van der Waals surface area contributed by atoms with Gasteiger partial charge in [-0.3, -0.25) is 0 Å². The summed E-state index contributed by atoms with van der Waals surface area (Å²) >= 11 is 0. The van der Waals surface area contributed by atoms with Crippen LogP contribution >= 0.6 is 0 Å². The normalized spacial score (nSPS) is 12.6. The van der Waals surface area contributed by atoms with Gasteiger partial charge < -0.3 is 10.2 Å². The molecule has 1 aromatic carbocycles. The molecule has 2 nitrogen and oxygen atoms in total. The van der Waals surface area contributed by atoms with Crippen LogP contribution in [0.4, 0.5) is 5.69 Å². The average Bonchev–Trinajstić information content (AvgIpc) is 2.11. The summed E-state index contributed by atoms with van der Waals surface area (Å²) in [5.74, 6) is 0.914. The molecule has 0 fully saturated rings. The molecular formula is C14H25NOSi. The first-order valence-corrected chi connectivity index (χ1v) is 9.01. The summed E-state index contributed by atoms with van der Waals surface area (Å²) in [7, 11) is -1.76. The van der Waals surface area contributed by atoms with Crippen LogP contribution in [0.5, 0.6) is 5.75 Å². The number of benzene rings is 1. The molecular weight excluding hydrogens is 226 g/mol. The number of aryl methyl sites for hydroxylation is 1. The molecule has 1 rings (SSSR count). The molecule has 2 N–H and O–H groups in total. The van der Waals surface area contributed by atoms with Crippen LogP contribution in [-0.2, 0) is 0 Å². The predicted octanol–water partition coefficient (Wildman–Crippen LogP) is 4.27. The van der Waals surface area contributed by atoms with Gasteiger partial charge in [-0.25, -0.2) is 0 Å². The van der Waals surface area contributed by atoms with Gasteiger partial charge in [-0.1, -0.05) is 20.8 Å². The largest absolute Gasteiger partial charge is 0.543 e. The lowest BCUT2D eigenvalue weighted by Crippen LogP contribution is -2.43. The van der Waals surface area contributed by atoms with Gasteiger partial charge in [0.15, 0.2) is 0 Å². The number of hydrogen-bond donors (Lipinski definition) is 1. The Kier molecular flexibility index (Phi) is 3.62. The third-order valence-electron chi connectivity index (χ3n) is 3.86. The fourth-order valence-electron chi connectivity index (χ4n) is 1.36. The van der Waals surface area contributed by atoms with E-state index < -0.39 is 8.32 Å². The van der Waals surface area contributed by atoms with Gasteiger partial charge in [0.25, 0.3) is 0 Å². The van der Waals surface area contributed by atoms with Crippen LogP contribution in [0.1, 0.15) is 31.9 Å². The van der Waals surface area contributed by atoms with E-state index in [1.807, 2.05) is 13.0 Å². The van der Waals surface area contributed by atoms with Crippen LogP contribution in [0.2, 0.25) is 18.1 Å². The number of anilines is 1. The molecule has 0 atom stereocenters. The minimum atomic E-state index is -1.76. The molecule has 1 aromatic rings. The van der Waals surface area contributed by atoms with Crippen molar-refractivity contribution in [1.29, 1.82) is 0 Å². The molecule has 0 bridgehead atoms. The van der Waals surface area contributed by atoms with Crippen LogP contribution in [-0.4, -0.2) is 8.32 Å². The third-order valence-corrected chi connectivity index (χ3v) is 8.22. The molecule has 0 radical (unpaired) electrons. The maximum absolute atomic E-state index is 6.24. The SMILES string of the molecule is Cc1cc(O[Si](C)(C)C(C)(C)C)cc(N)c1C. The molecule has 0 aliphatic rings. The Balaban J connectivity index is 3.05. The smallest absolute Gasteiger partial charge is 0.250 e. The molecule has 17 heavy (non-hydrogen) atoms. The first-order valence-electron chi connectivity index (χ1n) is 6.10. The predicted molar refractivity (Wildman–Crippen MR) is 78.2 cm³/mol. The minimum absolute atomic E-state index is 0.209. The van der Waals surface area contributed by atoms with Crippen molar-refractivity contribution in [2.45, 2.75) is 52.8 Å². The molecule has 0 saturated carbocycles. The highest BCUT2D eigenvalue weighted by molar-refractivity contribution is 6.74. The first kappa shape index (κ1) is 14.1. The van der Waals surface area contributed by atoms with Crippen molar-refractivity contribution in [2.24, 2.45) is 0 Å². The lowest BCUT2D eigenvalue weighted by molar-refractivity contribution is 0.492. The highest BCUT2D eigenvalue weighted by Gasteiger charge is 2.39. The first-order chi connectivity index (χ1) is 7.54. The zero-order valence-electron chi connectivity index (χ0n) is 12.1. The van der Waals surface area contributed by atoms with Crippen LogP contribution in [0.25, 0.3) is 0 Å². The quantitative estimate of drug-likeness (QED) is 0.629. The topological polar surface area (TPSA) is 35.2 Å². The Bertz CT molecular complexity index is 396. The molecule has 96 valence electrons. The van der Waals surface area contributed by atoms with E-state index in [1.165, 1.54) is 5.56 Å². The van der Waals surface area contributed by atoms with Gasteiger partial charge in [0, 0.05) is 11.8 Å². The minimum Gasteiger partial charge on any atom is -0.543 e. The summed E-state index contributed by atoms with van der Waals surface area (Å²) in [5.41, 5.74) is 9.14. The lowest BCUT2D eigenvalue weighted by atomic mass is 10.1. The van der Waals surface area contributed by atoms with Crippen molar-refractivity contribution < 1.29 is 4.43 Å². The van der Waals surface area contributed by atoms with Crippen LogP contribution in [0, 0.1) is 13.8 Å². The van der Waals surface area contributed by atoms with Gasteiger partial charge in [0.05, 0.1) is 0 Å². The Morgan fingerprint density at radius 3 is 2.06 bits per heavy atom. The van der Waals surface area contributed by atoms with E-state index in [-0.39, 0.29) is 5.04 Å². The van der Waals surface area contributed by atoms with Crippen LogP contribution in [0.3, 0.4) is 0 Å². The molecule has 0 heterocycles. The van der Waals surface area contributed by atoms with E-state index in [4.69, 9.17) is 10.2 Å². The average molecular weight is 251 g/mol. The second-order valence-electron chi connectivity index (χ2n) is 6.32. The Labute approximate surface area is 106 Å². The van der Waals surface area contributed by atoms with Gasteiger partial charge in [-0.2, -0.15) is 0 Å². The van der Waals surface area contributed by atoms with E-state index >= 15 is 0 Å². The van der Waals surface area contributed by atoms with Crippen molar-refractivity contribution >= 4 is 14.0 Å². The maximum atomic E-state index is 6.24. The van der Waals surface area contributed by atoms with E-state index in [0.29, 0.717) is 0 Å². The van der Waals surface area contributed by atoms with E-state index in [1.54, 1.807) is 0 Å². The second kappa shape index (κ2) is 4.37. The summed E-state index contributed by atoms with van der Waals surface area (Å²) in [6.45, 7) is 15.3. The summed E-state index contributed by atoms with van der Waals surface area (Å²) < 4.78 is 6.24. The molecule has 0 amide bonds. The Morgan fingerprint density at radius 2 is 1.65 bits per heavy atom. The molecule has 0 aliphatic carbocycles. The van der Waals surface area contributed by atoms with Gasteiger partial charge in [0.1, 0.15) is 5.75 Å².